The molecular weight excluding hydrogens is 296 g/mol. The van der Waals surface area contributed by atoms with Crippen LogP contribution < -0.4 is 21.1 Å². The van der Waals surface area contributed by atoms with Crippen LogP contribution in [0.1, 0.15) is 11.6 Å². The summed E-state index contributed by atoms with van der Waals surface area (Å²) in [6, 6.07) is 31.4. The molecule has 24 heavy (non-hydrogen) atoms. The number of rotatable bonds is 3. The number of hydrogen-bond acceptors (Lipinski definition) is 4. The molecule has 2 N–H and O–H groups in total. The second-order valence-corrected chi connectivity index (χ2v) is 5.81. The van der Waals surface area contributed by atoms with Gasteiger partial charge in [-0.05, 0) is 29.8 Å². The number of hydrogen-bond donors (Lipinski definition) is 2. The van der Waals surface area contributed by atoms with Crippen molar-refractivity contribution in [2.45, 2.75) is 6.04 Å². The van der Waals surface area contributed by atoms with Gasteiger partial charge in [0.05, 0.1) is 24.0 Å². The Labute approximate surface area is 142 Å². The molecule has 1 fully saturated rings. The van der Waals surface area contributed by atoms with E-state index in [1.54, 1.807) is 0 Å². The van der Waals surface area contributed by atoms with Crippen LogP contribution in [0.25, 0.3) is 0 Å². The van der Waals surface area contributed by atoms with Crippen LogP contribution in [0.15, 0.2) is 91.0 Å². The summed E-state index contributed by atoms with van der Waals surface area (Å²) >= 11 is 0. The molecule has 0 radical (unpaired) electrons. The number of nitrogens with zero attached hydrogens (tertiary/aromatic N) is 2. The van der Waals surface area contributed by atoms with Gasteiger partial charge in [-0.15, -0.1) is 5.53 Å². The van der Waals surface area contributed by atoms with Crippen molar-refractivity contribution in [3.05, 3.63) is 96.6 Å². The summed E-state index contributed by atoms with van der Waals surface area (Å²) in [6.45, 7) is 0.831. The van der Waals surface area contributed by atoms with Crippen molar-refractivity contribution < 1.29 is 0 Å². The van der Waals surface area contributed by atoms with E-state index in [2.05, 4.69) is 82.7 Å². The van der Waals surface area contributed by atoms with Crippen LogP contribution in [0.3, 0.4) is 0 Å². The third-order valence-electron chi connectivity index (χ3n) is 4.15. The zero-order chi connectivity index (χ0) is 16.2. The van der Waals surface area contributed by atoms with E-state index in [1.165, 1.54) is 5.56 Å². The summed E-state index contributed by atoms with van der Waals surface area (Å²) in [4.78, 5) is 0. The fourth-order valence-corrected chi connectivity index (χ4v) is 2.92. The van der Waals surface area contributed by atoms with E-state index in [-0.39, 0.29) is 6.04 Å². The molecule has 1 heterocycles. The van der Waals surface area contributed by atoms with Crippen LogP contribution in [0.5, 0.6) is 0 Å². The van der Waals surface area contributed by atoms with Crippen LogP contribution >= 0.6 is 0 Å². The first-order chi connectivity index (χ1) is 11.9. The summed E-state index contributed by atoms with van der Waals surface area (Å²) in [6.07, 6.45) is 0. The van der Waals surface area contributed by atoms with Crippen LogP contribution in [0.4, 0.5) is 11.4 Å². The average molecular weight is 316 g/mol. The Hall–Kier alpha value is -2.82. The Kier molecular flexibility index (Phi) is 4.14. The standard InChI is InChI=1S/C20H20N4/c1-4-10-17(11-5-1)20-16-23(18-12-6-2-7-13-18)22-24(21-20)19-14-8-3-9-15-19/h1-15,20-22H,16H2. The Morgan fingerprint density at radius 2 is 1.21 bits per heavy atom. The highest BCUT2D eigenvalue weighted by atomic mass is 15.9. The van der Waals surface area contributed by atoms with Crippen molar-refractivity contribution in [2.24, 2.45) is 0 Å². The number of anilines is 2. The number of benzene rings is 3. The Bertz CT molecular complexity index is 647. The van der Waals surface area contributed by atoms with Gasteiger partial charge in [0.25, 0.3) is 0 Å². The molecule has 0 aromatic heterocycles. The molecule has 4 rings (SSSR count). The molecule has 4 nitrogen and oxygen atoms in total. The van der Waals surface area contributed by atoms with Crippen molar-refractivity contribution >= 4 is 11.4 Å². The highest BCUT2D eigenvalue weighted by Gasteiger charge is 2.26. The normalized spacial score (nSPS) is 17.8. The van der Waals surface area contributed by atoms with E-state index in [0.717, 1.165) is 17.9 Å². The predicted octanol–water partition coefficient (Wildman–Crippen LogP) is 3.68. The Morgan fingerprint density at radius 1 is 0.667 bits per heavy atom. The minimum Gasteiger partial charge on any atom is -0.288 e. The number of hydrazine groups is 3. The van der Waals surface area contributed by atoms with Gasteiger partial charge in [0, 0.05) is 0 Å². The summed E-state index contributed by atoms with van der Waals surface area (Å²) in [5.41, 5.74) is 10.5. The molecular formula is C20H20N4. The van der Waals surface area contributed by atoms with E-state index in [0.29, 0.717) is 0 Å². The molecule has 4 heteroatoms. The SMILES string of the molecule is c1ccc(C2CN(c3ccccc3)NN(c3ccccc3)N2)cc1. The molecule has 3 aromatic carbocycles. The number of para-hydroxylation sites is 2. The summed E-state index contributed by atoms with van der Waals surface area (Å²) in [7, 11) is 0. The van der Waals surface area contributed by atoms with Gasteiger partial charge < -0.3 is 0 Å². The van der Waals surface area contributed by atoms with E-state index in [9.17, 15) is 0 Å². The third-order valence-corrected chi connectivity index (χ3v) is 4.15. The van der Waals surface area contributed by atoms with Gasteiger partial charge in [0.15, 0.2) is 0 Å². The quantitative estimate of drug-likeness (QED) is 0.772. The van der Waals surface area contributed by atoms with Gasteiger partial charge in [-0.2, -0.15) is 0 Å². The fourth-order valence-electron chi connectivity index (χ4n) is 2.92. The molecule has 1 atom stereocenters. The van der Waals surface area contributed by atoms with Crippen LogP contribution in [0, 0.1) is 0 Å². The van der Waals surface area contributed by atoms with Crippen molar-refractivity contribution in [2.75, 3.05) is 16.7 Å². The molecule has 0 saturated carbocycles. The number of nitrogens with one attached hydrogen (secondary N) is 2. The van der Waals surface area contributed by atoms with E-state index in [4.69, 9.17) is 0 Å². The fraction of sp³-hybridized carbons (Fsp3) is 0.100. The summed E-state index contributed by atoms with van der Waals surface area (Å²) in [5.74, 6) is 0. The molecule has 0 bridgehead atoms. The maximum atomic E-state index is 3.57. The maximum absolute atomic E-state index is 3.57. The van der Waals surface area contributed by atoms with Gasteiger partial charge in [0.1, 0.15) is 0 Å². The Morgan fingerprint density at radius 3 is 1.83 bits per heavy atom. The maximum Gasteiger partial charge on any atom is 0.0721 e. The topological polar surface area (TPSA) is 30.5 Å². The van der Waals surface area contributed by atoms with Gasteiger partial charge in [-0.3, -0.25) is 5.01 Å². The molecule has 0 aliphatic carbocycles. The zero-order valence-electron chi connectivity index (χ0n) is 13.3. The lowest BCUT2D eigenvalue weighted by molar-refractivity contribution is 0.365. The second kappa shape index (κ2) is 6.74. The highest BCUT2D eigenvalue weighted by Crippen LogP contribution is 2.24. The third kappa shape index (κ3) is 3.11. The van der Waals surface area contributed by atoms with Gasteiger partial charge >= 0.3 is 0 Å². The molecule has 1 aliphatic heterocycles. The molecule has 1 unspecified atom stereocenters. The summed E-state index contributed by atoms with van der Waals surface area (Å²) < 4.78 is 0. The molecule has 3 aromatic rings. The molecule has 1 saturated heterocycles. The van der Waals surface area contributed by atoms with Crippen molar-refractivity contribution in [3.8, 4) is 0 Å². The van der Waals surface area contributed by atoms with Gasteiger partial charge in [-0.1, -0.05) is 66.7 Å². The first-order valence-electron chi connectivity index (χ1n) is 8.15. The first kappa shape index (κ1) is 14.8. The first-order valence-corrected chi connectivity index (χ1v) is 8.15. The Balaban J connectivity index is 1.66. The van der Waals surface area contributed by atoms with Crippen LogP contribution in [0.2, 0.25) is 0 Å². The summed E-state index contributed by atoms with van der Waals surface area (Å²) in [5, 5.41) is 4.15. The highest BCUT2D eigenvalue weighted by molar-refractivity contribution is 5.50. The molecule has 0 amide bonds. The smallest absolute Gasteiger partial charge is 0.0721 e. The minimum atomic E-state index is 0.188. The van der Waals surface area contributed by atoms with E-state index >= 15 is 0 Å². The van der Waals surface area contributed by atoms with Crippen molar-refractivity contribution in [3.63, 3.8) is 0 Å². The largest absolute Gasteiger partial charge is 0.288 e. The van der Waals surface area contributed by atoms with Crippen LogP contribution in [-0.2, 0) is 0 Å². The lowest BCUT2D eigenvalue weighted by Gasteiger charge is -2.43. The predicted molar refractivity (Wildman–Crippen MR) is 98.2 cm³/mol. The molecule has 0 spiro atoms. The lowest BCUT2D eigenvalue weighted by atomic mass is 10.1. The van der Waals surface area contributed by atoms with E-state index < -0.39 is 0 Å². The van der Waals surface area contributed by atoms with Gasteiger partial charge in [-0.25, -0.2) is 10.5 Å². The molecule has 1 aliphatic rings. The molecule has 120 valence electrons. The van der Waals surface area contributed by atoms with Crippen molar-refractivity contribution in [1.29, 1.82) is 0 Å². The van der Waals surface area contributed by atoms with Crippen LogP contribution in [-0.4, -0.2) is 6.54 Å². The average Bonchev–Trinajstić information content (AvgIpc) is 2.70. The monoisotopic (exact) mass is 316 g/mol. The van der Waals surface area contributed by atoms with E-state index in [1.807, 2.05) is 29.4 Å². The van der Waals surface area contributed by atoms with Crippen molar-refractivity contribution in [1.82, 2.24) is 11.0 Å². The van der Waals surface area contributed by atoms with Gasteiger partial charge in [0.2, 0.25) is 0 Å². The zero-order valence-corrected chi connectivity index (χ0v) is 13.3. The minimum absolute atomic E-state index is 0.188. The lowest BCUT2D eigenvalue weighted by Crippen LogP contribution is -2.64. The second-order valence-electron chi connectivity index (χ2n) is 5.81.